The molecule has 1 aliphatic carbocycles. The normalized spacial score (nSPS) is 18.7. The molecule has 1 fully saturated rings. The molecule has 2 amide bonds. The highest BCUT2D eigenvalue weighted by Crippen LogP contribution is 2.31. The van der Waals surface area contributed by atoms with Gasteiger partial charge in [-0.2, -0.15) is 0 Å². The molecule has 0 radical (unpaired) electrons. The number of carboxylic acid groups (broad SMARTS) is 1. The minimum atomic E-state index is -0.920. The second-order valence-electron chi connectivity index (χ2n) is 7.55. The molecule has 6 heteroatoms. The van der Waals surface area contributed by atoms with Crippen LogP contribution in [0.2, 0.25) is 0 Å². The van der Waals surface area contributed by atoms with E-state index < -0.39 is 17.8 Å². The highest BCUT2D eigenvalue weighted by molar-refractivity contribution is 5.98. The van der Waals surface area contributed by atoms with E-state index in [0.717, 1.165) is 18.4 Å². The number of nitrogens with one attached hydrogen (secondary N) is 1. The van der Waals surface area contributed by atoms with Crippen LogP contribution >= 0.6 is 0 Å². The molecular weight excluding hydrogens is 368 g/mol. The molecule has 1 saturated carbocycles. The Bertz CT molecular complexity index is 881. The van der Waals surface area contributed by atoms with Gasteiger partial charge in [0.2, 0.25) is 5.91 Å². The number of rotatable bonds is 6. The molecule has 0 heterocycles. The summed E-state index contributed by atoms with van der Waals surface area (Å²) in [6.45, 7) is 0.485. The molecule has 0 spiro atoms. The number of amides is 2. The lowest BCUT2D eigenvalue weighted by molar-refractivity contribution is -0.147. The van der Waals surface area contributed by atoms with Crippen molar-refractivity contribution in [1.82, 2.24) is 4.90 Å². The second kappa shape index (κ2) is 9.37. The zero-order valence-corrected chi connectivity index (χ0v) is 16.5. The van der Waals surface area contributed by atoms with Gasteiger partial charge >= 0.3 is 5.97 Å². The molecule has 2 aromatic carbocycles. The van der Waals surface area contributed by atoms with Gasteiger partial charge in [-0.15, -0.1) is 0 Å². The molecule has 6 nitrogen and oxygen atoms in total. The van der Waals surface area contributed by atoms with Crippen molar-refractivity contribution in [3.8, 4) is 0 Å². The van der Waals surface area contributed by atoms with Crippen molar-refractivity contribution >= 4 is 23.5 Å². The molecule has 2 unspecified atom stereocenters. The SMILES string of the molecule is CN(Cc1ccccc1)C(=O)c1cccc(NC(=O)C2CCCCC2C(=O)O)c1. The first-order valence-electron chi connectivity index (χ1n) is 9.89. The molecule has 29 heavy (non-hydrogen) atoms. The first kappa shape index (κ1) is 20.6. The quantitative estimate of drug-likeness (QED) is 0.780. The lowest BCUT2D eigenvalue weighted by atomic mass is 9.78. The van der Waals surface area contributed by atoms with Gasteiger partial charge in [0.05, 0.1) is 11.8 Å². The van der Waals surface area contributed by atoms with Crippen LogP contribution in [0.3, 0.4) is 0 Å². The summed E-state index contributed by atoms with van der Waals surface area (Å²) < 4.78 is 0. The predicted octanol–water partition coefficient (Wildman–Crippen LogP) is 3.79. The molecule has 0 aliphatic heterocycles. The van der Waals surface area contributed by atoms with Crippen molar-refractivity contribution in [2.24, 2.45) is 11.8 Å². The van der Waals surface area contributed by atoms with Crippen molar-refractivity contribution in [1.29, 1.82) is 0 Å². The average Bonchev–Trinajstić information content (AvgIpc) is 2.74. The van der Waals surface area contributed by atoms with Crippen LogP contribution in [0.4, 0.5) is 5.69 Å². The maximum absolute atomic E-state index is 12.8. The minimum absolute atomic E-state index is 0.147. The van der Waals surface area contributed by atoms with Crippen LogP contribution in [0.25, 0.3) is 0 Å². The van der Waals surface area contributed by atoms with Crippen molar-refractivity contribution in [2.45, 2.75) is 32.2 Å². The fourth-order valence-corrected chi connectivity index (χ4v) is 3.85. The topological polar surface area (TPSA) is 86.7 Å². The fourth-order valence-electron chi connectivity index (χ4n) is 3.85. The van der Waals surface area contributed by atoms with Crippen LogP contribution in [0.5, 0.6) is 0 Å². The number of carbonyl (C=O) groups is 3. The summed E-state index contributed by atoms with van der Waals surface area (Å²) >= 11 is 0. The predicted molar refractivity (Wildman–Crippen MR) is 110 cm³/mol. The molecule has 0 aromatic heterocycles. The van der Waals surface area contributed by atoms with E-state index in [0.29, 0.717) is 30.6 Å². The number of aliphatic carboxylic acids is 1. The number of hydrogen-bond donors (Lipinski definition) is 2. The Labute approximate surface area is 170 Å². The van der Waals surface area contributed by atoms with Gasteiger partial charge in [-0.25, -0.2) is 0 Å². The zero-order valence-electron chi connectivity index (χ0n) is 16.5. The van der Waals surface area contributed by atoms with Gasteiger partial charge in [-0.3, -0.25) is 14.4 Å². The summed E-state index contributed by atoms with van der Waals surface area (Å²) in [7, 11) is 1.74. The number of carbonyl (C=O) groups excluding carboxylic acids is 2. The van der Waals surface area contributed by atoms with Gasteiger partial charge in [0.1, 0.15) is 0 Å². The van der Waals surface area contributed by atoms with Gasteiger partial charge in [0, 0.05) is 24.8 Å². The number of carboxylic acids is 1. The summed E-state index contributed by atoms with van der Waals surface area (Å²) in [4.78, 5) is 38.5. The van der Waals surface area contributed by atoms with Crippen LogP contribution in [-0.2, 0) is 16.1 Å². The number of benzene rings is 2. The third-order valence-electron chi connectivity index (χ3n) is 5.41. The maximum Gasteiger partial charge on any atom is 0.307 e. The minimum Gasteiger partial charge on any atom is -0.481 e. The standard InChI is InChI=1S/C23H26N2O4/c1-25(15-16-8-3-2-4-9-16)22(27)17-10-7-11-18(14-17)24-21(26)19-12-5-6-13-20(19)23(28)29/h2-4,7-11,14,19-20H,5-6,12-13,15H2,1H3,(H,24,26)(H,28,29). The molecule has 152 valence electrons. The molecule has 3 rings (SSSR count). The van der Waals surface area contributed by atoms with E-state index in [4.69, 9.17) is 0 Å². The van der Waals surface area contributed by atoms with E-state index in [-0.39, 0.29) is 11.8 Å². The Hall–Kier alpha value is -3.15. The molecular formula is C23H26N2O4. The second-order valence-corrected chi connectivity index (χ2v) is 7.55. The zero-order chi connectivity index (χ0) is 20.8. The van der Waals surface area contributed by atoms with E-state index in [1.807, 2.05) is 30.3 Å². The van der Waals surface area contributed by atoms with Crippen LogP contribution in [0.1, 0.15) is 41.6 Å². The number of anilines is 1. The van der Waals surface area contributed by atoms with E-state index in [2.05, 4.69) is 5.32 Å². The van der Waals surface area contributed by atoms with E-state index >= 15 is 0 Å². The third-order valence-corrected chi connectivity index (χ3v) is 5.41. The summed E-state index contributed by atoms with van der Waals surface area (Å²) in [5.41, 5.74) is 2.01. The largest absolute Gasteiger partial charge is 0.481 e. The van der Waals surface area contributed by atoms with Gasteiger partial charge in [0.15, 0.2) is 0 Å². The summed E-state index contributed by atoms with van der Waals surface area (Å²) in [5, 5.41) is 12.2. The highest BCUT2D eigenvalue weighted by Gasteiger charge is 2.35. The van der Waals surface area contributed by atoms with Crippen LogP contribution in [0.15, 0.2) is 54.6 Å². The lowest BCUT2D eigenvalue weighted by Crippen LogP contribution is -2.36. The van der Waals surface area contributed by atoms with Crippen molar-refractivity contribution in [3.63, 3.8) is 0 Å². The van der Waals surface area contributed by atoms with Crippen LogP contribution in [0, 0.1) is 11.8 Å². The maximum atomic E-state index is 12.8. The first-order chi connectivity index (χ1) is 14.0. The van der Waals surface area contributed by atoms with Crippen molar-refractivity contribution < 1.29 is 19.5 Å². The molecule has 1 aliphatic rings. The fraction of sp³-hybridized carbons (Fsp3) is 0.348. The Morgan fingerprint density at radius 3 is 2.38 bits per heavy atom. The molecule has 2 N–H and O–H groups in total. The Kier molecular flexibility index (Phi) is 6.65. The Balaban J connectivity index is 1.68. The average molecular weight is 394 g/mol. The monoisotopic (exact) mass is 394 g/mol. The summed E-state index contributed by atoms with van der Waals surface area (Å²) in [6.07, 6.45) is 2.78. The summed E-state index contributed by atoms with van der Waals surface area (Å²) in [5.74, 6) is -2.55. The third kappa shape index (κ3) is 5.22. The van der Waals surface area contributed by atoms with E-state index in [9.17, 15) is 19.5 Å². The van der Waals surface area contributed by atoms with Crippen LogP contribution < -0.4 is 5.32 Å². The van der Waals surface area contributed by atoms with Crippen LogP contribution in [-0.4, -0.2) is 34.8 Å². The first-order valence-corrected chi connectivity index (χ1v) is 9.89. The smallest absolute Gasteiger partial charge is 0.307 e. The lowest BCUT2D eigenvalue weighted by Gasteiger charge is -2.27. The molecule has 2 atom stereocenters. The van der Waals surface area contributed by atoms with E-state index in [1.54, 1.807) is 36.2 Å². The van der Waals surface area contributed by atoms with Gasteiger partial charge in [0.25, 0.3) is 5.91 Å². The van der Waals surface area contributed by atoms with E-state index in [1.165, 1.54) is 0 Å². The highest BCUT2D eigenvalue weighted by atomic mass is 16.4. The molecule has 0 bridgehead atoms. The van der Waals surface area contributed by atoms with Crippen molar-refractivity contribution in [3.05, 3.63) is 65.7 Å². The Morgan fingerprint density at radius 2 is 1.69 bits per heavy atom. The Morgan fingerprint density at radius 1 is 1.00 bits per heavy atom. The molecule has 2 aromatic rings. The summed E-state index contributed by atoms with van der Waals surface area (Å²) in [6, 6.07) is 16.5. The van der Waals surface area contributed by atoms with Crippen molar-refractivity contribution in [2.75, 3.05) is 12.4 Å². The number of nitrogens with zero attached hydrogens (tertiary/aromatic N) is 1. The number of hydrogen-bond acceptors (Lipinski definition) is 3. The van der Waals surface area contributed by atoms with Gasteiger partial charge in [-0.05, 0) is 36.6 Å². The van der Waals surface area contributed by atoms with Gasteiger partial charge < -0.3 is 15.3 Å². The van der Waals surface area contributed by atoms with Gasteiger partial charge in [-0.1, -0.05) is 49.2 Å². The molecule has 0 saturated heterocycles.